The summed E-state index contributed by atoms with van der Waals surface area (Å²) >= 11 is 10.8. The molecule has 8 heteroatoms. The van der Waals surface area contributed by atoms with Crippen molar-refractivity contribution in [1.29, 1.82) is 0 Å². The minimum absolute atomic E-state index is 0.248. The van der Waals surface area contributed by atoms with Crippen molar-refractivity contribution < 1.29 is 0 Å². The fraction of sp³-hybridized carbons (Fsp3) is 0.118. The number of H-pyrrole nitrogens is 1. The van der Waals surface area contributed by atoms with Gasteiger partial charge in [0.05, 0.1) is 6.42 Å². The van der Waals surface area contributed by atoms with Crippen molar-refractivity contribution in [1.82, 2.24) is 14.8 Å². The van der Waals surface area contributed by atoms with Gasteiger partial charge in [0, 0.05) is 11.4 Å². The average molecular weight is 366 g/mol. The second kappa shape index (κ2) is 6.66. The van der Waals surface area contributed by atoms with Crippen LogP contribution in [0.3, 0.4) is 0 Å². The standard InChI is InChI=1S/C17H14N6S2/c24-16-20-18-14(22(16)12-7-3-1-4-8-12)11-15-19-21-17(25)23(15)13-9-5-2-6-10-13/h1-10,14H,11H2,(H,21,25). The van der Waals surface area contributed by atoms with E-state index in [4.69, 9.17) is 24.4 Å². The molecule has 3 aromatic rings. The number of para-hydroxylation sites is 2. The van der Waals surface area contributed by atoms with Crippen LogP contribution in [0.1, 0.15) is 5.82 Å². The van der Waals surface area contributed by atoms with Gasteiger partial charge in [-0.2, -0.15) is 10.2 Å². The zero-order chi connectivity index (χ0) is 17.2. The minimum atomic E-state index is -0.248. The molecule has 0 radical (unpaired) electrons. The zero-order valence-electron chi connectivity index (χ0n) is 13.1. The van der Waals surface area contributed by atoms with Gasteiger partial charge in [-0.3, -0.25) is 14.6 Å². The predicted octanol–water partition coefficient (Wildman–Crippen LogP) is 4.06. The molecule has 1 unspecified atom stereocenters. The number of hydrogen-bond acceptors (Lipinski definition) is 4. The third-order valence-electron chi connectivity index (χ3n) is 3.94. The van der Waals surface area contributed by atoms with Gasteiger partial charge in [0.15, 0.2) is 10.9 Å². The smallest absolute Gasteiger partial charge is 0.222 e. The molecule has 25 heavy (non-hydrogen) atoms. The topological polar surface area (TPSA) is 61.6 Å². The van der Waals surface area contributed by atoms with Crippen LogP contribution < -0.4 is 4.90 Å². The molecule has 0 amide bonds. The molecule has 0 saturated carbocycles. The van der Waals surface area contributed by atoms with E-state index < -0.39 is 0 Å². The Morgan fingerprint density at radius 3 is 2.24 bits per heavy atom. The Balaban J connectivity index is 1.68. The highest BCUT2D eigenvalue weighted by Gasteiger charge is 2.29. The van der Waals surface area contributed by atoms with Crippen LogP contribution in [0.15, 0.2) is 70.9 Å². The molecule has 0 fully saturated rings. The van der Waals surface area contributed by atoms with Gasteiger partial charge in [-0.05, 0) is 48.7 Å². The number of nitrogens with one attached hydrogen (secondary N) is 1. The van der Waals surface area contributed by atoms with E-state index in [1.807, 2.05) is 70.1 Å². The molecule has 1 aliphatic heterocycles. The van der Waals surface area contributed by atoms with E-state index in [0.29, 0.717) is 16.3 Å². The second-order valence-corrected chi connectivity index (χ2v) is 6.26. The number of rotatable bonds is 4. The number of nitrogens with zero attached hydrogens (tertiary/aromatic N) is 5. The molecule has 0 saturated heterocycles. The van der Waals surface area contributed by atoms with E-state index in [-0.39, 0.29) is 6.17 Å². The lowest BCUT2D eigenvalue weighted by molar-refractivity contribution is 0.660. The van der Waals surface area contributed by atoms with Crippen molar-refractivity contribution in [3.05, 3.63) is 71.3 Å². The Bertz CT molecular complexity index is 977. The first-order chi connectivity index (χ1) is 12.2. The van der Waals surface area contributed by atoms with Crippen LogP contribution in [0.5, 0.6) is 0 Å². The summed E-state index contributed by atoms with van der Waals surface area (Å²) in [6, 6.07) is 19.8. The summed E-state index contributed by atoms with van der Waals surface area (Å²) in [5, 5.41) is 16.1. The van der Waals surface area contributed by atoms with Crippen LogP contribution in [-0.2, 0) is 6.42 Å². The normalized spacial score (nSPS) is 16.6. The van der Waals surface area contributed by atoms with Gasteiger partial charge >= 0.3 is 0 Å². The number of hydrogen-bond donors (Lipinski definition) is 1. The minimum Gasteiger partial charge on any atom is -0.291 e. The highest BCUT2D eigenvalue weighted by Crippen LogP contribution is 2.26. The van der Waals surface area contributed by atoms with E-state index in [1.165, 1.54) is 0 Å². The lowest BCUT2D eigenvalue weighted by Gasteiger charge is -2.22. The summed E-state index contributed by atoms with van der Waals surface area (Å²) in [6.07, 6.45) is 0.281. The first-order valence-electron chi connectivity index (χ1n) is 7.75. The molecular weight excluding hydrogens is 352 g/mol. The molecule has 1 N–H and O–H groups in total. The van der Waals surface area contributed by atoms with Crippen LogP contribution in [-0.4, -0.2) is 26.0 Å². The second-order valence-electron chi connectivity index (χ2n) is 5.50. The van der Waals surface area contributed by atoms with Crippen molar-refractivity contribution in [2.75, 3.05) is 4.90 Å². The SMILES string of the molecule is S=C1N=NC(Cc2n[nH]c(=S)n2-c2ccccc2)N1c1ccccc1. The van der Waals surface area contributed by atoms with E-state index in [9.17, 15) is 0 Å². The molecule has 124 valence electrons. The monoisotopic (exact) mass is 366 g/mol. The molecule has 0 bridgehead atoms. The Hall–Kier alpha value is -2.71. The molecule has 1 atom stereocenters. The van der Waals surface area contributed by atoms with Gasteiger partial charge in [0.1, 0.15) is 5.82 Å². The number of anilines is 1. The Labute approximate surface area is 154 Å². The van der Waals surface area contributed by atoms with Gasteiger partial charge in [0.25, 0.3) is 0 Å². The summed E-state index contributed by atoms with van der Waals surface area (Å²) in [5.41, 5.74) is 1.92. The van der Waals surface area contributed by atoms with E-state index in [2.05, 4.69) is 20.4 Å². The maximum Gasteiger partial charge on any atom is 0.222 e. The Morgan fingerprint density at radius 2 is 1.56 bits per heavy atom. The summed E-state index contributed by atoms with van der Waals surface area (Å²) in [6.45, 7) is 0. The Kier molecular flexibility index (Phi) is 4.21. The molecule has 1 aliphatic rings. The van der Waals surface area contributed by atoms with Gasteiger partial charge in [-0.25, -0.2) is 0 Å². The number of aromatic nitrogens is 3. The van der Waals surface area contributed by atoms with Crippen LogP contribution in [0.2, 0.25) is 0 Å². The fourth-order valence-electron chi connectivity index (χ4n) is 2.82. The van der Waals surface area contributed by atoms with Crippen LogP contribution in [0.25, 0.3) is 5.69 Å². The first-order valence-corrected chi connectivity index (χ1v) is 8.56. The number of thiocarbonyl (C=S) groups is 1. The van der Waals surface area contributed by atoms with Crippen molar-refractivity contribution >= 4 is 35.2 Å². The van der Waals surface area contributed by atoms with Gasteiger partial charge in [-0.1, -0.05) is 36.4 Å². The summed E-state index contributed by atoms with van der Waals surface area (Å²) in [4.78, 5) is 1.93. The number of benzene rings is 2. The third kappa shape index (κ3) is 3.01. The largest absolute Gasteiger partial charge is 0.291 e. The first kappa shape index (κ1) is 15.8. The lowest BCUT2D eigenvalue weighted by atomic mass is 10.2. The van der Waals surface area contributed by atoms with Gasteiger partial charge in [-0.15, -0.1) is 5.11 Å². The van der Waals surface area contributed by atoms with E-state index in [0.717, 1.165) is 17.2 Å². The van der Waals surface area contributed by atoms with Crippen molar-refractivity contribution in [2.45, 2.75) is 12.6 Å². The zero-order valence-corrected chi connectivity index (χ0v) is 14.7. The molecule has 0 spiro atoms. The van der Waals surface area contributed by atoms with Crippen LogP contribution in [0.4, 0.5) is 5.69 Å². The molecular formula is C17H14N6S2. The average Bonchev–Trinajstić information content (AvgIpc) is 3.19. The maximum atomic E-state index is 5.39. The van der Waals surface area contributed by atoms with Gasteiger partial charge in [0.2, 0.25) is 5.11 Å². The predicted molar refractivity (Wildman–Crippen MR) is 103 cm³/mol. The van der Waals surface area contributed by atoms with Crippen molar-refractivity contribution in [2.24, 2.45) is 10.2 Å². The molecule has 2 aromatic carbocycles. The maximum absolute atomic E-state index is 5.39. The molecule has 2 heterocycles. The Morgan fingerprint density at radius 1 is 0.920 bits per heavy atom. The fourth-order valence-corrected chi connectivity index (χ4v) is 3.35. The quantitative estimate of drug-likeness (QED) is 0.708. The lowest BCUT2D eigenvalue weighted by Crippen LogP contribution is -2.34. The van der Waals surface area contributed by atoms with Crippen molar-refractivity contribution in [3.8, 4) is 5.69 Å². The number of azo groups is 1. The molecule has 4 rings (SSSR count). The highest BCUT2D eigenvalue weighted by atomic mass is 32.1. The van der Waals surface area contributed by atoms with E-state index in [1.54, 1.807) is 0 Å². The van der Waals surface area contributed by atoms with E-state index >= 15 is 0 Å². The summed E-state index contributed by atoms with van der Waals surface area (Å²) in [5.74, 6) is 0.783. The van der Waals surface area contributed by atoms with Crippen LogP contribution in [0, 0.1) is 4.77 Å². The van der Waals surface area contributed by atoms with Gasteiger partial charge < -0.3 is 0 Å². The van der Waals surface area contributed by atoms with Crippen LogP contribution >= 0.6 is 24.4 Å². The number of aromatic amines is 1. The third-order valence-corrected chi connectivity index (χ3v) is 4.49. The molecule has 6 nitrogen and oxygen atoms in total. The molecule has 1 aromatic heterocycles. The summed E-state index contributed by atoms with van der Waals surface area (Å²) in [7, 11) is 0. The summed E-state index contributed by atoms with van der Waals surface area (Å²) < 4.78 is 2.46. The highest BCUT2D eigenvalue weighted by molar-refractivity contribution is 7.80. The van der Waals surface area contributed by atoms with Crippen molar-refractivity contribution in [3.63, 3.8) is 0 Å². The molecule has 0 aliphatic carbocycles.